The van der Waals surface area contributed by atoms with Crippen molar-refractivity contribution in [1.29, 1.82) is 0 Å². The topological polar surface area (TPSA) is 127 Å². The number of carbonyl (C=O) groups is 2. The van der Waals surface area contributed by atoms with Crippen LogP contribution < -0.4 is 16.0 Å². The first-order valence-corrected chi connectivity index (χ1v) is 9.85. The molecule has 0 spiro atoms. The quantitative estimate of drug-likeness (QED) is 0.759. The van der Waals surface area contributed by atoms with Gasteiger partial charge in [-0.2, -0.15) is 4.98 Å². The number of aromatic nitrogens is 3. The zero-order chi connectivity index (χ0) is 21.0. The van der Waals surface area contributed by atoms with Crippen molar-refractivity contribution in [3.63, 3.8) is 0 Å². The van der Waals surface area contributed by atoms with E-state index in [0.717, 1.165) is 25.2 Å². The molecule has 2 amide bonds. The molecule has 156 valence electrons. The summed E-state index contributed by atoms with van der Waals surface area (Å²) in [7, 11) is 0. The molecule has 3 rings (SSSR count). The van der Waals surface area contributed by atoms with Gasteiger partial charge in [-0.15, -0.1) is 0 Å². The van der Waals surface area contributed by atoms with E-state index in [0.29, 0.717) is 30.4 Å². The molecule has 2 aromatic heterocycles. The van der Waals surface area contributed by atoms with Gasteiger partial charge < -0.3 is 20.5 Å². The van der Waals surface area contributed by atoms with E-state index in [4.69, 9.17) is 10.3 Å². The molecule has 0 aliphatic carbocycles. The van der Waals surface area contributed by atoms with Crippen LogP contribution in [0.25, 0.3) is 0 Å². The second kappa shape index (κ2) is 8.59. The molecule has 29 heavy (non-hydrogen) atoms. The fourth-order valence-corrected chi connectivity index (χ4v) is 3.17. The SMILES string of the molecule is CC(C)(C)c1noc(CCC(=O)Nc2ccc(N3CCCC(C(N)=O)C3)nc2)n1. The van der Waals surface area contributed by atoms with Crippen LogP contribution in [0.2, 0.25) is 0 Å². The van der Waals surface area contributed by atoms with Gasteiger partial charge in [0.1, 0.15) is 5.82 Å². The number of carbonyl (C=O) groups excluding carboxylic acids is 2. The van der Waals surface area contributed by atoms with Gasteiger partial charge in [-0.25, -0.2) is 4.98 Å². The van der Waals surface area contributed by atoms with Gasteiger partial charge in [-0.05, 0) is 25.0 Å². The van der Waals surface area contributed by atoms with Crippen molar-refractivity contribution in [2.75, 3.05) is 23.3 Å². The second-order valence-electron chi connectivity index (χ2n) is 8.40. The average molecular weight is 400 g/mol. The number of piperidine rings is 1. The molecule has 0 aromatic carbocycles. The molecule has 9 heteroatoms. The van der Waals surface area contributed by atoms with E-state index in [1.807, 2.05) is 31.7 Å². The highest BCUT2D eigenvalue weighted by atomic mass is 16.5. The lowest BCUT2D eigenvalue weighted by Gasteiger charge is -2.32. The molecule has 3 heterocycles. The highest BCUT2D eigenvalue weighted by Crippen LogP contribution is 2.22. The van der Waals surface area contributed by atoms with Gasteiger partial charge >= 0.3 is 0 Å². The van der Waals surface area contributed by atoms with Gasteiger partial charge in [0, 0.05) is 31.3 Å². The van der Waals surface area contributed by atoms with Crippen LogP contribution in [0.3, 0.4) is 0 Å². The van der Waals surface area contributed by atoms with Crippen molar-refractivity contribution in [1.82, 2.24) is 15.1 Å². The van der Waals surface area contributed by atoms with E-state index in [1.165, 1.54) is 0 Å². The fraction of sp³-hybridized carbons (Fsp3) is 0.550. The van der Waals surface area contributed by atoms with E-state index < -0.39 is 0 Å². The molecule has 1 saturated heterocycles. The van der Waals surface area contributed by atoms with E-state index in [9.17, 15) is 9.59 Å². The summed E-state index contributed by atoms with van der Waals surface area (Å²) in [5, 5.41) is 6.78. The predicted molar refractivity (Wildman–Crippen MR) is 108 cm³/mol. The Kier molecular flexibility index (Phi) is 6.14. The average Bonchev–Trinajstić information content (AvgIpc) is 3.17. The van der Waals surface area contributed by atoms with Crippen molar-refractivity contribution in [2.45, 2.75) is 51.9 Å². The number of nitrogens with one attached hydrogen (secondary N) is 1. The summed E-state index contributed by atoms with van der Waals surface area (Å²) in [4.78, 5) is 34.4. The molecule has 1 atom stereocenters. The van der Waals surface area contributed by atoms with E-state index in [-0.39, 0.29) is 29.6 Å². The van der Waals surface area contributed by atoms with Crippen molar-refractivity contribution in [2.24, 2.45) is 11.7 Å². The van der Waals surface area contributed by atoms with Gasteiger partial charge in [0.05, 0.1) is 17.8 Å². The first-order chi connectivity index (χ1) is 13.7. The van der Waals surface area contributed by atoms with Crippen molar-refractivity contribution >= 4 is 23.3 Å². The van der Waals surface area contributed by atoms with Crippen LogP contribution in [0, 0.1) is 5.92 Å². The van der Waals surface area contributed by atoms with Crippen molar-refractivity contribution in [3.8, 4) is 0 Å². The highest BCUT2D eigenvalue weighted by Gasteiger charge is 2.25. The molecular formula is C20H28N6O3. The Bertz CT molecular complexity index is 856. The van der Waals surface area contributed by atoms with Crippen molar-refractivity contribution < 1.29 is 14.1 Å². The Morgan fingerprint density at radius 3 is 2.76 bits per heavy atom. The lowest BCUT2D eigenvalue weighted by molar-refractivity contribution is -0.122. The first kappa shape index (κ1) is 20.8. The first-order valence-electron chi connectivity index (χ1n) is 9.85. The summed E-state index contributed by atoms with van der Waals surface area (Å²) in [5.41, 5.74) is 5.85. The molecule has 9 nitrogen and oxygen atoms in total. The maximum absolute atomic E-state index is 12.2. The predicted octanol–water partition coefficient (Wildman–Crippen LogP) is 2.04. The minimum Gasteiger partial charge on any atom is -0.369 e. The molecular weight excluding hydrogens is 372 g/mol. The summed E-state index contributed by atoms with van der Waals surface area (Å²) in [5.74, 6) is 1.29. The fourth-order valence-electron chi connectivity index (χ4n) is 3.17. The zero-order valence-corrected chi connectivity index (χ0v) is 17.1. The number of aryl methyl sites for hydroxylation is 1. The smallest absolute Gasteiger partial charge is 0.227 e. The number of nitrogens with two attached hydrogens (primary N) is 1. The number of anilines is 2. The monoisotopic (exact) mass is 400 g/mol. The van der Waals surface area contributed by atoms with E-state index in [1.54, 1.807) is 12.3 Å². The highest BCUT2D eigenvalue weighted by molar-refractivity contribution is 5.90. The molecule has 0 saturated carbocycles. The summed E-state index contributed by atoms with van der Waals surface area (Å²) >= 11 is 0. The summed E-state index contributed by atoms with van der Waals surface area (Å²) in [6, 6.07) is 3.64. The second-order valence-corrected chi connectivity index (χ2v) is 8.40. The molecule has 1 aliphatic rings. The van der Waals surface area contributed by atoms with Gasteiger partial charge in [0.15, 0.2) is 5.82 Å². The summed E-state index contributed by atoms with van der Waals surface area (Å²) in [6.07, 6.45) is 3.95. The largest absolute Gasteiger partial charge is 0.369 e. The number of hydrogen-bond donors (Lipinski definition) is 2. The Hall–Kier alpha value is -2.97. The molecule has 2 aromatic rings. The zero-order valence-electron chi connectivity index (χ0n) is 17.1. The van der Waals surface area contributed by atoms with Crippen LogP contribution >= 0.6 is 0 Å². The third kappa shape index (κ3) is 5.52. The molecule has 0 radical (unpaired) electrons. The molecule has 0 bridgehead atoms. The number of pyridine rings is 1. The Morgan fingerprint density at radius 1 is 1.34 bits per heavy atom. The van der Waals surface area contributed by atoms with Gasteiger partial charge in [-0.3, -0.25) is 9.59 Å². The Morgan fingerprint density at radius 2 is 2.14 bits per heavy atom. The van der Waals surface area contributed by atoms with Crippen LogP contribution in [-0.2, 0) is 21.4 Å². The van der Waals surface area contributed by atoms with Gasteiger partial charge in [0.25, 0.3) is 0 Å². The standard InChI is InChI=1S/C20H28N6O3/c1-20(2,3)19-24-17(29-25-19)9-8-16(27)23-14-6-7-15(22-11-14)26-10-4-5-13(12-26)18(21)28/h6-7,11,13H,4-5,8-10,12H2,1-3H3,(H2,21,28)(H,23,27). The third-order valence-electron chi connectivity index (χ3n) is 4.88. The molecule has 1 unspecified atom stereocenters. The summed E-state index contributed by atoms with van der Waals surface area (Å²) in [6.45, 7) is 7.42. The maximum Gasteiger partial charge on any atom is 0.227 e. The normalized spacial score (nSPS) is 17.2. The van der Waals surface area contributed by atoms with Gasteiger partial charge in [0.2, 0.25) is 17.7 Å². The van der Waals surface area contributed by atoms with Crippen LogP contribution in [0.1, 0.15) is 51.7 Å². The minimum absolute atomic E-state index is 0.145. The van der Waals surface area contributed by atoms with Crippen LogP contribution in [0.5, 0.6) is 0 Å². The lowest BCUT2D eigenvalue weighted by Crippen LogP contribution is -2.41. The maximum atomic E-state index is 12.2. The number of primary amides is 1. The number of amides is 2. The minimum atomic E-state index is -0.269. The Balaban J connectivity index is 1.51. The number of hydrogen-bond acceptors (Lipinski definition) is 7. The number of nitrogens with zero attached hydrogens (tertiary/aromatic N) is 4. The van der Waals surface area contributed by atoms with Crippen LogP contribution in [0.4, 0.5) is 11.5 Å². The summed E-state index contributed by atoms with van der Waals surface area (Å²) < 4.78 is 5.21. The van der Waals surface area contributed by atoms with Crippen LogP contribution in [-0.4, -0.2) is 40.0 Å². The molecule has 1 fully saturated rings. The lowest BCUT2D eigenvalue weighted by atomic mass is 9.96. The molecule has 1 aliphatic heterocycles. The van der Waals surface area contributed by atoms with Gasteiger partial charge in [-0.1, -0.05) is 25.9 Å². The van der Waals surface area contributed by atoms with Crippen LogP contribution in [0.15, 0.2) is 22.9 Å². The Labute approximate surface area is 170 Å². The van der Waals surface area contributed by atoms with E-state index in [2.05, 4.69) is 20.4 Å². The third-order valence-corrected chi connectivity index (χ3v) is 4.88. The molecule has 3 N–H and O–H groups in total. The van der Waals surface area contributed by atoms with Crippen molar-refractivity contribution in [3.05, 3.63) is 30.0 Å². The number of rotatable bonds is 6. The van der Waals surface area contributed by atoms with E-state index >= 15 is 0 Å².